The average Bonchev–Trinajstić information content (AvgIpc) is 3.11. The molecular formula is C16H21N3. The first kappa shape index (κ1) is 12.3. The highest BCUT2D eigenvalue weighted by Gasteiger charge is 2.14. The maximum absolute atomic E-state index is 4.41. The minimum atomic E-state index is 0.924. The Bertz CT molecular complexity index is 498. The maximum Gasteiger partial charge on any atom is 0.207 e. The van der Waals surface area contributed by atoms with E-state index >= 15 is 0 Å². The van der Waals surface area contributed by atoms with Gasteiger partial charge in [0, 0.05) is 24.6 Å². The largest absolute Gasteiger partial charge is 0.355 e. The van der Waals surface area contributed by atoms with E-state index in [2.05, 4.69) is 39.1 Å². The zero-order valence-electron chi connectivity index (χ0n) is 11.3. The van der Waals surface area contributed by atoms with Crippen molar-refractivity contribution in [3.8, 4) is 5.69 Å². The van der Waals surface area contributed by atoms with Crippen molar-refractivity contribution in [2.24, 2.45) is 5.92 Å². The lowest BCUT2D eigenvalue weighted by Gasteiger charge is -2.12. The van der Waals surface area contributed by atoms with Crippen LogP contribution in [-0.4, -0.2) is 16.1 Å². The van der Waals surface area contributed by atoms with Crippen molar-refractivity contribution in [3.05, 3.63) is 42.7 Å². The van der Waals surface area contributed by atoms with E-state index in [1.54, 1.807) is 0 Å². The molecule has 0 atom stereocenters. The lowest BCUT2D eigenvalue weighted by molar-refractivity contribution is 0.518. The fourth-order valence-corrected chi connectivity index (χ4v) is 2.92. The van der Waals surface area contributed by atoms with Crippen molar-refractivity contribution in [3.63, 3.8) is 0 Å². The molecule has 0 bridgehead atoms. The van der Waals surface area contributed by atoms with Gasteiger partial charge in [-0.2, -0.15) is 0 Å². The van der Waals surface area contributed by atoms with E-state index in [0.29, 0.717) is 0 Å². The van der Waals surface area contributed by atoms with E-state index in [4.69, 9.17) is 0 Å². The molecule has 1 fully saturated rings. The number of benzene rings is 1. The van der Waals surface area contributed by atoms with Crippen LogP contribution in [0.4, 0.5) is 5.95 Å². The SMILES string of the molecule is c1ccc(-n2ccnc2NCCC2CCCC2)cc1. The van der Waals surface area contributed by atoms with Crippen LogP contribution in [0.1, 0.15) is 32.1 Å². The molecule has 0 spiro atoms. The molecular weight excluding hydrogens is 234 g/mol. The summed E-state index contributed by atoms with van der Waals surface area (Å²) in [7, 11) is 0. The van der Waals surface area contributed by atoms with E-state index in [0.717, 1.165) is 24.1 Å². The lowest BCUT2D eigenvalue weighted by atomic mass is 10.0. The highest BCUT2D eigenvalue weighted by molar-refractivity contribution is 5.41. The molecule has 1 saturated carbocycles. The van der Waals surface area contributed by atoms with Crippen LogP contribution in [0, 0.1) is 5.92 Å². The van der Waals surface area contributed by atoms with Gasteiger partial charge in [-0.15, -0.1) is 0 Å². The van der Waals surface area contributed by atoms with Crippen LogP contribution in [0.5, 0.6) is 0 Å². The van der Waals surface area contributed by atoms with Crippen molar-refractivity contribution >= 4 is 5.95 Å². The summed E-state index contributed by atoms with van der Waals surface area (Å²) in [5, 5.41) is 3.47. The van der Waals surface area contributed by atoms with Crippen LogP contribution in [0.3, 0.4) is 0 Å². The quantitative estimate of drug-likeness (QED) is 0.879. The number of anilines is 1. The van der Waals surface area contributed by atoms with Crippen molar-refractivity contribution in [2.75, 3.05) is 11.9 Å². The molecule has 19 heavy (non-hydrogen) atoms. The smallest absolute Gasteiger partial charge is 0.207 e. The van der Waals surface area contributed by atoms with E-state index in [1.165, 1.54) is 32.1 Å². The molecule has 1 N–H and O–H groups in total. The Hall–Kier alpha value is -1.77. The summed E-state index contributed by atoms with van der Waals surface area (Å²) in [6.07, 6.45) is 10.8. The Morgan fingerprint density at radius 2 is 1.95 bits per heavy atom. The summed E-state index contributed by atoms with van der Waals surface area (Å²) in [4.78, 5) is 4.41. The molecule has 3 nitrogen and oxygen atoms in total. The van der Waals surface area contributed by atoms with Gasteiger partial charge < -0.3 is 5.32 Å². The normalized spacial score (nSPS) is 15.8. The zero-order valence-corrected chi connectivity index (χ0v) is 11.3. The number of hydrogen-bond acceptors (Lipinski definition) is 2. The molecule has 0 radical (unpaired) electrons. The number of imidazole rings is 1. The number of aromatic nitrogens is 2. The Balaban J connectivity index is 1.61. The Morgan fingerprint density at radius 3 is 2.74 bits per heavy atom. The summed E-state index contributed by atoms with van der Waals surface area (Å²) in [6.45, 7) is 1.02. The molecule has 0 unspecified atom stereocenters. The summed E-state index contributed by atoms with van der Waals surface area (Å²) < 4.78 is 2.11. The molecule has 2 aromatic rings. The van der Waals surface area contributed by atoms with Crippen LogP contribution in [-0.2, 0) is 0 Å². The van der Waals surface area contributed by atoms with E-state index in [9.17, 15) is 0 Å². The molecule has 0 amide bonds. The minimum Gasteiger partial charge on any atom is -0.355 e. The van der Waals surface area contributed by atoms with Crippen LogP contribution < -0.4 is 5.32 Å². The van der Waals surface area contributed by atoms with Crippen LogP contribution in [0.25, 0.3) is 5.69 Å². The molecule has 100 valence electrons. The fourth-order valence-electron chi connectivity index (χ4n) is 2.92. The third kappa shape index (κ3) is 2.98. The number of nitrogens with zero attached hydrogens (tertiary/aromatic N) is 2. The highest BCUT2D eigenvalue weighted by Crippen LogP contribution is 2.27. The molecule has 0 aliphatic heterocycles. The van der Waals surface area contributed by atoms with Gasteiger partial charge in [-0.05, 0) is 24.5 Å². The van der Waals surface area contributed by atoms with E-state index in [1.807, 2.05) is 18.5 Å². The van der Waals surface area contributed by atoms with Crippen LogP contribution in [0.15, 0.2) is 42.7 Å². The van der Waals surface area contributed by atoms with Gasteiger partial charge in [-0.1, -0.05) is 43.9 Å². The number of nitrogens with one attached hydrogen (secondary N) is 1. The molecule has 3 rings (SSSR count). The molecule has 1 aliphatic carbocycles. The summed E-state index contributed by atoms with van der Waals surface area (Å²) in [5.41, 5.74) is 1.16. The van der Waals surface area contributed by atoms with Gasteiger partial charge in [-0.25, -0.2) is 4.98 Å². The molecule has 0 saturated heterocycles. The van der Waals surface area contributed by atoms with Crippen molar-refractivity contribution in [2.45, 2.75) is 32.1 Å². The van der Waals surface area contributed by atoms with Gasteiger partial charge in [0.25, 0.3) is 0 Å². The zero-order chi connectivity index (χ0) is 12.9. The van der Waals surface area contributed by atoms with Gasteiger partial charge in [0.05, 0.1) is 0 Å². The first-order valence-corrected chi connectivity index (χ1v) is 7.26. The third-order valence-electron chi connectivity index (χ3n) is 3.99. The van der Waals surface area contributed by atoms with Gasteiger partial charge in [0.2, 0.25) is 5.95 Å². The second-order valence-corrected chi connectivity index (χ2v) is 5.32. The third-order valence-corrected chi connectivity index (χ3v) is 3.99. The summed E-state index contributed by atoms with van der Waals surface area (Å²) >= 11 is 0. The Labute approximate surface area is 114 Å². The van der Waals surface area contributed by atoms with Gasteiger partial charge in [0.1, 0.15) is 0 Å². The summed E-state index contributed by atoms with van der Waals surface area (Å²) in [5.74, 6) is 1.87. The Kier molecular flexibility index (Phi) is 3.82. The molecule has 1 heterocycles. The monoisotopic (exact) mass is 255 g/mol. The van der Waals surface area contributed by atoms with Gasteiger partial charge in [0.15, 0.2) is 0 Å². The van der Waals surface area contributed by atoms with E-state index in [-0.39, 0.29) is 0 Å². The Morgan fingerprint density at radius 1 is 1.16 bits per heavy atom. The minimum absolute atomic E-state index is 0.924. The number of para-hydroxylation sites is 1. The van der Waals surface area contributed by atoms with Gasteiger partial charge in [-0.3, -0.25) is 4.57 Å². The van der Waals surface area contributed by atoms with Crippen molar-refractivity contribution < 1.29 is 0 Å². The summed E-state index contributed by atoms with van der Waals surface area (Å²) in [6, 6.07) is 10.3. The maximum atomic E-state index is 4.41. The van der Waals surface area contributed by atoms with Crippen molar-refractivity contribution in [1.82, 2.24) is 9.55 Å². The standard InChI is InChI=1S/C16H21N3/c1-2-8-15(9-3-1)19-13-12-18-16(19)17-11-10-14-6-4-5-7-14/h1-3,8-9,12-14H,4-7,10-11H2,(H,17,18). The van der Waals surface area contributed by atoms with Crippen LogP contribution >= 0.6 is 0 Å². The van der Waals surface area contributed by atoms with Crippen LogP contribution in [0.2, 0.25) is 0 Å². The fraction of sp³-hybridized carbons (Fsp3) is 0.438. The lowest BCUT2D eigenvalue weighted by Crippen LogP contribution is -2.10. The first-order valence-electron chi connectivity index (χ1n) is 7.26. The molecule has 3 heteroatoms. The molecule has 1 aliphatic rings. The predicted octanol–water partition coefficient (Wildman–Crippen LogP) is 3.86. The highest BCUT2D eigenvalue weighted by atomic mass is 15.2. The number of rotatable bonds is 5. The second kappa shape index (κ2) is 5.91. The molecule has 1 aromatic carbocycles. The van der Waals surface area contributed by atoms with E-state index < -0.39 is 0 Å². The average molecular weight is 255 g/mol. The predicted molar refractivity (Wildman–Crippen MR) is 78.6 cm³/mol. The first-order chi connectivity index (χ1) is 9.43. The topological polar surface area (TPSA) is 29.9 Å². The molecule has 1 aromatic heterocycles. The second-order valence-electron chi connectivity index (χ2n) is 5.32. The number of hydrogen-bond donors (Lipinski definition) is 1. The van der Waals surface area contributed by atoms with Gasteiger partial charge >= 0.3 is 0 Å². The van der Waals surface area contributed by atoms with Crippen molar-refractivity contribution in [1.29, 1.82) is 0 Å².